The van der Waals surface area contributed by atoms with Crippen LogP contribution in [0.15, 0.2) is 34.5 Å². The molecule has 2 aliphatic heterocycles. The van der Waals surface area contributed by atoms with Crippen LogP contribution in [0.3, 0.4) is 0 Å². The Labute approximate surface area is 133 Å². The number of benzene rings is 1. The lowest BCUT2D eigenvalue weighted by Crippen LogP contribution is -2.38. The molecule has 0 fully saturated rings. The van der Waals surface area contributed by atoms with E-state index in [1.165, 1.54) is 0 Å². The minimum atomic E-state index is -0.540. The first kappa shape index (κ1) is 14.9. The van der Waals surface area contributed by atoms with Crippen molar-refractivity contribution in [3.8, 4) is 6.07 Å². The van der Waals surface area contributed by atoms with Crippen LogP contribution in [0.25, 0.3) is 0 Å². The lowest BCUT2D eigenvalue weighted by molar-refractivity contribution is -0.124. The van der Waals surface area contributed by atoms with E-state index in [4.69, 9.17) is 5.26 Å². The van der Waals surface area contributed by atoms with Crippen molar-refractivity contribution in [3.05, 3.63) is 35.4 Å². The van der Waals surface area contributed by atoms with E-state index in [9.17, 15) is 9.59 Å². The smallest absolute Gasteiger partial charge is 0.249 e. The second kappa shape index (κ2) is 5.65. The second-order valence-corrected chi connectivity index (χ2v) is 5.67. The van der Waals surface area contributed by atoms with Gasteiger partial charge in [-0.15, -0.1) is 0 Å². The van der Waals surface area contributed by atoms with Gasteiger partial charge in [-0.3, -0.25) is 9.59 Å². The molecule has 0 saturated carbocycles. The van der Waals surface area contributed by atoms with Crippen LogP contribution in [-0.2, 0) is 9.59 Å². The molecule has 23 heavy (non-hydrogen) atoms. The van der Waals surface area contributed by atoms with Crippen LogP contribution in [-0.4, -0.2) is 23.2 Å². The van der Waals surface area contributed by atoms with E-state index in [0.717, 1.165) is 5.56 Å². The summed E-state index contributed by atoms with van der Waals surface area (Å²) in [4.78, 5) is 24.5. The van der Waals surface area contributed by atoms with Crippen molar-refractivity contribution in [1.82, 2.24) is 10.9 Å². The molecule has 3 rings (SSSR count). The summed E-state index contributed by atoms with van der Waals surface area (Å²) in [6, 6.07) is 8.98. The minimum Gasteiger partial charge on any atom is -0.272 e. The molecular weight excluding hydrogens is 294 g/mol. The van der Waals surface area contributed by atoms with Crippen LogP contribution >= 0.6 is 0 Å². The second-order valence-electron chi connectivity index (χ2n) is 5.67. The van der Waals surface area contributed by atoms with E-state index in [0.29, 0.717) is 17.0 Å². The van der Waals surface area contributed by atoms with E-state index in [1.54, 1.807) is 38.1 Å². The topological polar surface area (TPSA) is 107 Å². The number of nitrogens with one attached hydrogen (secondary N) is 2. The Bertz CT molecular complexity index is 735. The fourth-order valence-corrected chi connectivity index (χ4v) is 3.15. The number of rotatable bonds is 3. The first-order valence-electron chi connectivity index (χ1n) is 7.21. The van der Waals surface area contributed by atoms with Crippen molar-refractivity contribution in [1.29, 1.82) is 5.26 Å². The summed E-state index contributed by atoms with van der Waals surface area (Å²) in [6.07, 6.45) is 0. The third kappa shape index (κ3) is 2.48. The Kier molecular flexibility index (Phi) is 3.66. The van der Waals surface area contributed by atoms with E-state index >= 15 is 0 Å². The highest BCUT2D eigenvalue weighted by molar-refractivity contribution is 6.12. The van der Waals surface area contributed by atoms with Crippen molar-refractivity contribution in [2.45, 2.75) is 19.8 Å². The predicted molar refractivity (Wildman–Crippen MR) is 83.4 cm³/mol. The number of nitrogens with zero attached hydrogens (tertiary/aromatic N) is 3. The summed E-state index contributed by atoms with van der Waals surface area (Å²) >= 11 is 0. The van der Waals surface area contributed by atoms with Gasteiger partial charge >= 0.3 is 0 Å². The van der Waals surface area contributed by atoms with Gasteiger partial charge in [-0.25, -0.2) is 10.9 Å². The Morgan fingerprint density at radius 2 is 1.48 bits per heavy atom. The molecule has 1 aromatic carbocycles. The molecule has 7 nitrogen and oxygen atoms in total. The van der Waals surface area contributed by atoms with E-state index < -0.39 is 17.8 Å². The van der Waals surface area contributed by atoms with E-state index in [1.807, 2.05) is 0 Å². The fourth-order valence-electron chi connectivity index (χ4n) is 3.15. The van der Waals surface area contributed by atoms with Crippen LogP contribution in [0.4, 0.5) is 0 Å². The maximum Gasteiger partial charge on any atom is 0.249 e. The summed E-state index contributed by atoms with van der Waals surface area (Å²) in [5.41, 5.74) is 7.54. The third-order valence-electron chi connectivity index (χ3n) is 4.29. The summed E-state index contributed by atoms with van der Waals surface area (Å²) in [5.74, 6) is -1.96. The predicted octanol–water partition coefficient (Wildman–Crippen LogP) is 0.886. The van der Waals surface area contributed by atoms with Crippen LogP contribution in [0.2, 0.25) is 0 Å². The van der Waals surface area contributed by atoms with Gasteiger partial charge in [0, 0.05) is 17.3 Å². The molecule has 2 aliphatic rings. The van der Waals surface area contributed by atoms with Crippen molar-refractivity contribution in [2.75, 3.05) is 0 Å². The molecule has 1 aromatic rings. The van der Waals surface area contributed by atoms with Crippen LogP contribution in [0.5, 0.6) is 0 Å². The minimum absolute atomic E-state index is 0.232. The zero-order valence-electron chi connectivity index (χ0n) is 12.7. The third-order valence-corrected chi connectivity index (χ3v) is 4.29. The molecule has 2 amide bonds. The number of amides is 2. The van der Waals surface area contributed by atoms with Gasteiger partial charge in [0.15, 0.2) is 0 Å². The average Bonchev–Trinajstić information content (AvgIpc) is 3.05. The van der Waals surface area contributed by atoms with Crippen molar-refractivity contribution in [2.24, 2.45) is 22.0 Å². The van der Waals surface area contributed by atoms with Crippen molar-refractivity contribution >= 4 is 23.2 Å². The summed E-state index contributed by atoms with van der Waals surface area (Å²) < 4.78 is 0. The molecule has 7 heteroatoms. The van der Waals surface area contributed by atoms with E-state index in [2.05, 4.69) is 27.1 Å². The molecule has 0 spiro atoms. The summed E-state index contributed by atoms with van der Waals surface area (Å²) in [5, 5.41) is 16.9. The SMILES string of the molecule is CC1=NNC(=O)C1C(c1ccc(C#N)cc1)C1C(=O)NN=C1C. The van der Waals surface area contributed by atoms with Crippen molar-refractivity contribution < 1.29 is 9.59 Å². The molecule has 0 aromatic heterocycles. The molecular formula is C16H15N5O2. The first-order chi connectivity index (χ1) is 11.0. The summed E-state index contributed by atoms with van der Waals surface area (Å²) in [7, 11) is 0. The molecule has 0 bridgehead atoms. The molecule has 2 atom stereocenters. The average molecular weight is 309 g/mol. The lowest BCUT2D eigenvalue weighted by Gasteiger charge is -2.27. The Hall–Kier alpha value is -3.01. The zero-order chi connectivity index (χ0) is 16.6. The van der Waals surface area contributed by atoms with Gasteiger partial charge in [-0.1, -0.05) is 12.1 Å². The maximum absolute atomic E-state index is 12.2. The first-order valence-corrected chi connectivity index (χ1v) is 7.21. The van der Waals surface area contributed by atoms with Gasteiger partial charge in [-0.05, 0) is 31.5 Å². The Balaban J connectivity index is 2.08. The monoisotopic (exact) mass is 309 g/mol. The number of hydrazone groups is 2. The van der Waals surface area contributed by atoms with Gasteiger partial charge in [-0.2, -0.15) is 15.5 Å². The molecule has 2 heterocycles. The lowest BCUT2D eigenvalue weighted by atomic mass is 9.73. The summed E-state index contributed by atoms with van der Waals surface area (Å²) in [6.45, 7) is 3.52. The van der Waals surface area contributed by atoms with Gasteiger partial charge in [0.25, 0.3) is 0 Å². The molecule has 2 unspecified atom stereocenters. The Morgan fingerprint density at radius 3 is 1.83 bits per heavy atom. The fraction of sp³-hybridized carbons (Fsp3) is 0.312. The number of hydrogen-bond donors (Lipinski definition) is 2. The zero-order valence-corrected chi connectivity index (χ0v) is 12.7. The molecule has 0 aliphatic carbocycles. The number of hydrogen-bond acceptors (Lipinski definition) is 5. The van der Waals surface area contributed by atoms with E-state index in [-0.39, 0.29) is 11.8 Å². The highest BCUT2D eigenvalue weighted by Gasteiger charge is 2.45. The maximum atomic E-state index is 12.2. The van der Waals surface area contributed by atoms with Crippen molar-refractivity contribution in [3.63, 3.8) is 0 Å². The molecule has 0 radical (unpaired) electrons. The number of nitriles is 1. The highest BCUT2D eigenvalue weighted by atomic mass is 16.2. The van der Waals surface area contributed by atoms with Gasteiger partial charge in [0.1, 0.15) is 0 Å². The number of carbonyl (C=O) groups is 2. The Morgan fingerprint density at radius 1 is 1.00 bits per heavy atom. The van der Waals surface area contributed by atoms with Crippen LogP contribution in [0.1, 0.15) is 30.9 Å². The largest absolute Gasteiger partial charge is 0.272 e. The molecule has 116 valence electrons. The van der Waals surface area contributed by atoms with Gasteiger partial charge < -0.3 is 0 Å². The standard InChI is InChI=1S/C16H15N5O2/c1-8-12(15(22)20-18-8)14(13-9(2)19-21-16(13)23)11-5-3-10(7-17)4-6-11/h3-6,12-14H,1-2H3,(H,20,22)(H,21,23). The van der Waals surface area contributed by atoms with Crippen LogP contribution < -0.4 is 10.9 Å². The molecule has 2 N–H and O–H groups in total. The van der Waals surface area contributed by atoms with Gasteiger partial charge in [0.2, 0.25) is 11.8 Å². The normalized spacial score (nSPS) is 24.4. The quantitative estimate of drug-likeness (QED) is 0.865. The highest BCUT2D eigenvalue weighted by Crippen LogP contribution is 2.37. The number of carbonyl (C=O) groups excluding carboxylic acids is 2. The molecule has 0 saturated heterocycles. The van der Waals surface area contributed by atoms with Gasteiger partial charge in [0.05, 0.1) is 23.5 Å². The van der Waals surface area contributed by atoms with Crippen LogP contribution in [0, 0.1) is 23.2 Å².